The van der Waals surface area contributed by atoms with Crippen LogP contribution in [-0.4, -0.2) is 29.1 Å². The Morgan fingerprint density at radius 2 is 2.11 bits per heavy atom. The lowest BCUT2D eigenvalue weighted by atomic mass is 10.2. The molecule has 1 aromatic carbocycles. The highest BCUT2D eigenvalue weighted by Crippen LogP contribution is 2.23. The summed E-state index contributed by atoms with van der Waals surface area (Å²) in [5.74, 6) is -0.251. The van der Waals surface area contributed by atoms with Crippen molar-refractivity contribution in [2.45, 2.75) is 6.92 Å². The maximum atomic E-state index is 11.6. The monoisotopic (exact) mass is 262 g/mol. The van der Waals surface area contributed by atoms with Crippen molar-refractivity contribution in [2.24, 2.45) is 0 Å². The lowest BCUT2D eigenvalue weighted by Crippen LogP contribution is -2.26. The predicted octanol–water partition coefficient (Wildman–Crippen LogP) is 1.84. The summed E-state index contributed by atoms with van der Waals surface area (Å²) < 4.78 is 0. The first-order valence-corrected chi connectivity index (χ1v) is 6.50. The zero-order chi connectivity index (χ0) is 13.0. The van der Waals surface area contributed by atoms with Crippen LogP contribution in [0.3, 0.4) is 0 Å². The van der Waals surface area contributed by atoms with Gasteiger partial charge in [0, 0.05) is 17.5 Å². The van der Waals surface area contributed by atoms with Crippen LogP contribution in [0.4, 0.5) is 0 Å². The molecule has 94 valence electrons. The lowest BCUT2D eigenvalue weighted by Gasteiger charge is -1.99. The molecule has 2 rings (SSSR count). The van der Waals surface area contributed by atoms with Gasteiger partial charge in [-0.15, -0.1) is 11.3 Å². The number of hydrogen-bond donors (Lipinski definition) is 2. The molecule has 0 saturated carbocycles. The first kappa shape index (κ1) is 12.7. The fraction of sp³-hybridized carbons (Fsp3) is 0.231. The van der Waals surface area contributed by atoms with Gasteiger partial charge in [-0.2, -0.15) is 0 Å². The molecule has 18 heavy (non-hydrogen) atoms. The summed E-state index contributed by atoms with van der Waals surface area (Å²) >= 11 is 1.44. The van der Waals surface area contributed by atoms with E-state index in [1.807, 2.05) is 31.2 Å². The molecule has 5 heteroatoms. The van der Waals surface area contributed by atoms with E-state index in [0.29, 0.717) is 5.69 Å². The number of aliphatic hydroxyl groups excluding tert-OH is 1. The van der Waals surface area contributed by atoms with Gasteiger partial charge in [-0.05, 0) is 6.92 Å². The molecule has 1 amide bonds. The van der Waals surface area contributed by atoms with E-state index >= 15 is 0 Å². The van der Waals surface area contributed by atoms with Crippen molar-refractivity contribution in [2.75, 3.05) is 13.2 Å². The van der Waals surface area contributed by atoms with E-state index in [-0.39, 0.29) is 19.1 Å². The molecular weight excluding hydrogens is 248 g/mol. The smallest absolute Gasteiger partial charge is 0.270 e. The molecule has 0 saturated heterocycles. The predicted molar refractivity (Wildman–Crippen MR) is 71.7 cm³/mol. The van der Waals surface area contributed by atoms with Crippen LogP contribution in [-0.2, 0) is 0 Å². The lowest BCUT2D eigenvalue weighted by molar-refractivity contribution is 0.0940. The Kier molecular flexibility index (Phi) is 4.07. The van der Waals surface area contributed by atoms with Crippen molar-refractivity contribution in [1.29, 1.82) is 0 Å². The van der Waals surface area contributed by atoms with Crippen molar-refractivity contribution in [3.05, 3.63) is 40.9 Å². The average Bonchev–Trinajstić information content (AvgIpc) is 2.86. The minimum atomic E-state index is -0.251. The van der Waals surface area contributed by atoms with E-state index in [9.17, 15) is 4.79 Å². The number of benzene rings is 1. The number of aryl methyl sites for hydroxylation is 1. The second kappa shape index (κ2) is 5.75. The number of aromatic nitrogens is 1. The van der Waals surface area contributed by atoms with Crippen molar-refractivity contribution in [1.82, 2.24) is 10.3 Å². The maximum Gasteiger partial charge on any atom is 0.270 e. The number of nitrogens with one attached hydrogen (secondary N) is 1. The van der Waals surface area contributed by atoms with Crippen LogP contribution in [0.1, 0.15) is 16.1 Å². The Labute approximate surface area is 109 Å². The van der Waals surface area contributed by atoms with Crippen molar-refractivity contribution < 1.29 is 9.90 Å². The number of rotatable bonds is 4. The first-order chi connectivity index (χ1) is 8.70. The van der Waals surface area contributed by atoms with Crippen LogP contribution in [0, 0.1) is 6.92 Å². The van der Waals surface area contributed by atoms with Gasteiger partial charge in [0.25, 0.3) is 5.91 Å². The quantitative estimate of drug-likeness (QED) is 0.883. The van der Waals surface area contributed by atoms with Gasteiger partial charge in [0.2, 0.25) is 0 Å². The van der Waals surface area contributed by atoms with E-state index in [1.54, 1.807) is 5.38 Å². The van der Waals surface area contributed by atoms with E-state index < -0.39 is 0 Å². The molecule has 2 aromatic rings. The molecule has 4 nitrogen and oxygen atoms in total. The highest BCUT2D eigenvalue weighted by molar-refractivity contribution is 7.13. The maximum absolute atomic E-state index is 11.6. The second-order valence-electron chi connectivity index (χ2n) is 3.88. The third-order valence-corrected chi connectivity index (χ3v) is 3.32. The van der Waals surface area contributed by atoms with Gasteiger partial charge >= 0.3 is 0 Å². The molecule has 1 heterocycles. The van der Waals surface area contributed by atoms with Crippen molar-refractivity contribution in [3.8, 4) is 10.6 Å². The molecule has 2 N–H and O–H groups in total. The van der Waals surface area contributed by atoms with Gasteiger partial charge < -0.3 is 10.4 Å². The summed E-state index contributed by atoms with van der Waals surface area (Å²) in [6.07, 6.45) is 0. The van der Waals surface area contributed by atoms with Crippen LogP contribution >= 0.6 is 11.3 Å². The van der Waals surface area contributed by atoms with Gasteiger partial charge in [-0.1, -0.05) is 29.8 Å². The fourth-order valence-corrected chi connectivity index (χ4v) is 2.27. The molecule has 0 radical (unpaired) electrons. The molecular formula is C13H14N2O2S. The molecule has 0 aliphatic heterocycles. The average molecular weight is 262 g/mol. The zero-order valence-electron chi connectivity index (χ0n) is 10.0. The molecule has 0 spiro atoms. The van der Waals surface area contributed by atoms with Crippen molar-refractivity contribution >= 4 is 17.2 Å². The van der Waals surface area contributed by atoms with Gasteiger partial charge in [0.1, 0.15) is 10.7 Å². The van der Waals surface area contributed by atoms with Crippen LogP contribution in [0.2, 0.25) is 0 Å². The second-order valence-corrected chi connectivity index (χ2v) is 4.74. The summed E-state index contributed by atoms with van der Waals surface area (Å²) in [6.45, 7) is 2.20. The zero-order valence-corrected chi connectivity index (χ0v) is 10.8. The molecule has 1 aromatic heterocycles. The Morgan fingerprint density at radius 3 is 2.78 bits per heavy atom. The summed E-state index contributed by atoms with van der Waals surface area (Å²) in [4.78, 5) is 15.9. The molecule has 0 atom stereocenters. The SMILES string of the molecule is Cc1ccc(-c2nc(C(=O)NCCO)cs2)cc1. The number of carbonyl (C=O) groups excluding carboxylic acids is 1. The number of hydrogen-bond acceptors (Lipinski definition) is 4. The third-order valence-electron chi connectivity index (χ3n) is 2.43. The summed E-state index contributed by atoms with van der Waals surface area (Å²) in [5.41, 5.74) is 2.59. The number of carbonyl (C=O) groups is 1. The Hall–Kier alpha value is -1.72. The van der Waals surface area contributed by atoms with Crippen LogP contribution < -0.4 is 5.32 Å². The van der Waals surface area contributed by atoms with E-state index in [2.05, 4.69) is 10.3 Å². The molecule has 0 bridgehead atoms. The number of aliphatic hydroxyl groups is 1. The van der Waals surface area contributed by atoms with Crippen molar-refractivity contribution in [3.63, 3.8) is 0 Å². The van der Waals surface area contributed by atoms with E-state index in [1.165, 1.54) is 16.9 Å². The minimum absolute atomic E-state index is 0.0688. The highest BCUT2D eigenvalue weighted by Gasteiger charge is 2.10. The van der Waals surface area contributed by atoms with Crippen LogP contribution in [0.15, 0.2) is 29.6 Å². The van der Waals surface area contributed by atoms with E-state index in [0.717, 1.165) is 10.6 Å². The van der Waals surface area contributed by atoms with Crippen LogP contribution in [0.5, 0.6) is 0 Å². The third kappa shape index (κ3) is 2.94. The highest BCUT2D eigenvalue weighted by atomic mass is 32.1. The fourth-order valence-electron chi connectivity index (χ4n) is 1.47. The molecule has 0 aliphatic carbocycles. The molecule has 0 fully saturated rings. The minimum Gasteiger partial charge on any atom is -0.395 e. The van der Waals surface area contributed by atoms with Gasteiger partial charge in [0.05, 0.1) is 6.61 Å². The summed E-state index contributed by atoms with van der Waals surface area (Å²) in [5, 5.41) is 13.8. The molecule has 0 unspecified atom stereocenters. The number of amides is 1. The number of thiazole rings is 1. The summed E-state index contributed by atoms with van der Waals surface area (Å²) in [6, 6.07) is 8.01. The standard InChI is InChI=1S/C13H14N2O2S/c1-9-2-4-10(5-3-9)13-15-11(8-18-13)12(17)14-6-7-16/h2-5,8,16H,6-7H2,1H3,(H,14,17). The normalized spacial score (nSPS) is 10.3. The molecule has 0 aliphatic rings. The largest absolute Gasteiger partial charge is 0.395 e. The topological polar surface area (TPSA) is 62.2 Å². The Balaban J connectivity index is 2.15. The Morgan fingerprint density at radius 1 is 1.39 bits per heavy atom. The Bertz CT molecular complexity index is 534. The van der Waals surface area contributed by atoms with Gasteiger partial charge in [0.15, 0.2) is 0 Å². The summed E-state index contributed by atoms with van der Waals surface area (Å²) in [7, 11) is 0. The first-order valence-electron chi connectivity index (χ1n) is 5.62. The van der Waals surface area contributed by atoms with Gasteiger partial charge in [-0.25, -0.2) is 4.98 Å². The number of nitrogens with zero attached hydrogens (tertiary/aromatic N) is 1. The van der Waals surface area contributed by atoms with E-state index in [4.69, 9.17) is 5.11 Å². The van der Waals surface area contributed by atoms with Gasteiger partial charge in [-0.3, -0.25) is 4.79 Å². The van der Waals surface area contributed by atoms with Crippen LogP contribution in [0.25, 0.3) is 10.6 Å².